The number of aliphatic carboxylic acids is 1. The molecule has 2 atom stereocenters. The summed E-state index contributed by atoms with van der Waals surface area (Å²) in [6.07, 6.45) is 1.71. The minimum atomic E-state index is -0.700. The Hall–Kier alpha value is -1.03. The van der Waals surface area contributed by atoms with Crippen molar-refractivity contribution in [2.45, 2.75) is 18.9 Å². The normalized spacial score (nSPS) is 24.3. The van der Waals surface area contributed by atoms with Crippen molar-refractivity contribution in [1.82, 2.24) is 0 Å². The molecule has 1 aliphatic carbocycles. The lowest BCUT2D eigenvalue weighted by atomic mass is 9.79. The fourth-order valence-corrected chi connectivity index (χ4v) is 2.16. The molecule has 1 saturated carbocycles. The highest BCUT2D eigenvalue weighted by molar-refractivity contribution is 9.10. The highest BCUT2D eigenvalue weighted by atomic mass is 79.9. The molecule has 0 amide bonds. The van der Waals surface area contributed by atoms with Gasteiger partial charge < -0.3 is 10.4 Å². The molecule has 4 heteroatoms. The van der Waals surface area contributed by atoms with Crippen LogP contribution in [0.1, 0.15) is 12.8 Å². The summed E-state index contributed by atoms with van der Waals surface area (Å²) >= 11 is 3.38. The van der Waals surface area contributed by atoms with Gasteiger partial charge in [-0.3, -0.25) is 4.79 Å². The first kappa shape index (κ1) is 10.5. The molecule has 15 heavy (non-hydrogen) atoms. The molecule has 1 aromatic rings. The van der Waals surface area contributed by atoms with Gasteiger partial charge in [0, 0.05) is 16.2 Å². The second-order valence-corrected chi connectivity index (χ2v) is 4.70. The van der Waals surface area contributed by atoms with Crippen LogP contribution in [0.4, 0.5) is 5.69 Å². The Morgan fingerprint density at radius 1 is 1.47 bits per heavy atom. The van der Waals surface area contributed by atoms with E-state index in [-0.39, 0.29) is 12.0 Å². The molecule has 0 spiro atoms. The number of nitrogens with one attached hydrogen (secondary N) is 1. The van der Waals surface area contributed by atoms with Gasteiger partial charge in [-0.1, -0.05) is 22.0 Å². The van der Waals surface area contributed by atoms with Crippen LogP contribution in [0, 0.1) is 5.92 Å². The van der Waals surface area contributed by atoms with Crippen molar-refractivity contribution in [3.05, 3.63) is 28.7 Å². The molecule has 0 saturated heterocycles. The van der Waals surface area contributed by atoms with Crippen LogP contribution in [-0.2, 0) is 4.79 Å². The lowest BCUT2D eigenvalue weighted by molar-refractivity contribution is -0.144. The quantitative estimate of drug-likeness (QED) is 0.887. The molecule has 1 aromatic carbocycles. The zero-order valence-corrected chi connectivity index (χ0v) is 9.70. The number of anilines is 1. The van der Waals surface area contributed by atoms with E-state index >= 15 is 0 Å². The Balaban J connectivity index is 2.00. The molecule has 0 bridgehead atoms. The molecule has 80 valence electrons. The molecule has 0 aliphatic heterocycles. The summed E-state index contributed by atoms with van der Waals surface area (Å²) in [5.74, 6) is -0.933. The first-order valence-electron chi connectivity index (χ1n) is 4.92. The van der Waals surface area contributed by atoms with E-state index in [0.29, 0.717) is 0 Å². The van der Waals surface area contributed by atoms with Crippen molar-refractivity contribution in [3.8, 4) is 0 Å². The van der Waals surface area contributed by atoms with Crippen LogP contribution < -0.4 is 5.32 Å². The summed E-state index contributed by atoms with van der Waals surface area (Å²) < 4.78 is 0.999. The van der Waals surface area contributed by atoms with Gasteiger partial charge in [-0.05, 0) is 31.0 Å². The van der Waals surface area contributed by atoms with E-state index in [9.17, 15) is 4.79 Å². The Bertz CT molecular complexity index is 381. The molecule has 1 aliphatic rings. The summed E-state index contributed by atoms with van der Waals surface area (Å²) in [5, 5.41) is 12.1. The average molecular weight is 270 g/mol. The van der Waals surface area contributed by atoms with E-state index in [4.69, 9.17) is 5.11 Å². The third kappa shape index (κ3) is 2.31. The fraction of sp³-hybridized carbons (Fsp3) is 0.364. The highest BCUT2D eigenvalue weighted by Crippen LogP contribution is 2.31. The van der Waals surface area contributed by atoms with Crippen molar-refractivity contribution in [2.75, 3.05) is 5.32 Å². The smallest absolute Gasteiger partial charge is 0.308 e. The van der Waals surface area contributed by atoms with Crippen LogP contribution in [0.25, 0.3) is 0 Å². The van der Waals surface area contributed by atoms with Crippen molar-refractivity contribution in [1.29, 1.82) is 0 Å². The molecule has 0 aromatic heterocycles. The Kier molecular flexibility index (Phi) is 2.95. The van der Waals surface area contributed by atoms with Crippen molar-refractivity contribution < 1.29 is 9.90 Å². The number of benzene rings is 1. The van der Waals surface area contributed by atoms with Gasteiger partial charge in [0.25, 0.3) is 0 Å². The first-order chi connectivity index (χ1) is 7.16. The maximum Gasteiger partial charge on any atom is 0.308 e. The largest absolute Gasteiger partial charge is 0.481 e. The van der Waals surface area contributed by atoms with Crippen LogP contribution in [0.2, 0.25) is 0 Å². The van der Waals surface area contributed by atoms with E-state index < -0.39 is 5.97 Å². The molecule has 1 fully saturated rings. The van der Waals surface area contributed by atoms with Gasteiger partial charge in [-0.25, -0.2) is 0 Å². The summed E-state index contributed by atoms with van der Waals surface area (Å²) in [6, 6.07) is 7.86. The predicted octanol–water partition coefficient (Wildman–Crippen LogP) is 2.72. The minimum absolute atomic E-state index is 0.0804. The summed E-state index contributed by atoms with van der Waals surface area (Å²) in [7, 11) is 0. The third-order valence-electron chi connectivity index (χ3n) is 2.77. The molecule has 2 rings (SSSR count). The van der Waals surface area contributed by atoms with E-state index in [2.05, 4.69) is 21.2 Å². The van der Waals surface area contributed by atoms with E-state index in [1.807, 2.05) is 24.3 Å². The zero-order valence-electron chi connectivity index (χ0n) is 8.11. The maximum absolute atomic E-state index is 10.8. The van der Waals surface area contributed by atoms with Gasteiger partial charge in [-0.2, -0.15) is 0 Å². The van der Waals surface area contributed by atoms with E-state index in [1.54, 1.807) is 0 Å². The second-order valence-electron chi connectivity index (χ2n) is 3.78. The van der Waals surface area contributed by atoms with Gasteiger partial charge in [0.15, 0.2) is 0 Å². The van der Waals surface area contributed by atoms with Crippen LogP contribution in [0.15, 0.2) is 28.7 Å². The number of carbonyl (C=O) groups is 1. The molecule has 3 nitrogen and oxygen atoms in total. The monoisotopic (exact) mass is 269 g/mol. The van der Waals surface area contributed by atoms with Gasteiger partial charge in [0.05, 0.1) is 5.92 Å². The minimum Gasteiger partial charge on any atom is -0.481 e. The van der Waals surface area contributed by atoms with Crippen LogP contribution in [-0.4, -0.2) is 17.1 Å². The second kappa shape index (κ2) is 4.23. The fourth-order valence-electron chi connectivity index (χ4n) is 1.76. The molecule has 0 heterocycles. The van der Waals surface area contributed by atoms with Gasteiger partial charge >= 0.3 is 5.97 Å². The van der Waals surface area contributed by atoms with Gasteiger partial charge in [0.1, 0.15) is 0 Å². The Morgan fingerprint density at radius 3 is 2.80 bits per heavy atom. The molecule has 2 N–H and O–H groups in total. The zero-order chi connectivity index (χ0) is 10.8. The van der Waals surface area contributed by atoms with Crippen molar-refractivity contribution in [2.24, 2.45) is 5.92 Å². The number of hydrogen-bond donors (Lipinski definition) is 2. The third-order valence-corrected chi connectivity index (χ3v) is 3.26. The topological polar surface area (TPSA) is 49.3 Å². The maximum atomic E-state index is 10.8. The Labute approximate surface area is 96.6 Å². The highest BCUT2D eigenvalue weighted by Gasteiger charge is 2.36. The number of carboxylic acid groups (broad SMARTS) is 1. The lowest BCUT2D eigenvalue weighted by Gasteiger charge is -2.34. The molecule has 0 radical (unpaired) electrons. The van der Waals surface area contributed by atoms with Crippen LogP contribution >= 0.6 is 15.9 Å². The van der Waals surface area contributed by atoms with Crippen LogP contribution in [0.5, 0.6) is 0 Å². The lowest BCUT2D eigenvalue weighted by Crippen LogP contribution is -2.42. The molecule has 2 unspecified atom stereocenters. The number of carboxylic acids is 1. The van der Waals surface area contributed by atoms with Gasteiger partial charge in [0.2, 0.25) is 0 Å². The van der Waals surface area contributed by atoms with Gasteiger partial charge in [-0.15, -0.1) is 0 Å². The summed E-state index contributed by atoms with van der Waals surface area (Å²) in [5.41, 5.74) is 0.973. The number of rotatable bonds is 3. The SMILES string of the molecule is O=C(O)C1CCC1Nc1cccc(Br)c1. The van der Waals surface area contributed by atoms with Crippen molar-refractivity contribution >= 4 is 27.6 Å². The molecular weight excluding hydrogens is 258 g/mol. The van der Waals surface area contributed by atoms with Crippen molar-refractivity contribution in [3.63, 3.8) is 0 Å². The number of hydrogen-bond acceptors (Lipinski definition) is 2. The van der Waals surface area contributed by atoms with Crippen LogP contribution in [0.3, 0.4) is 0 Å². The predicted molar refractivity (Wildman–Crippen MR) is 61.9 cm³/mol. The summed E-state index contributed by atoms with van der Waals surface area (Å²) in [4.78, 5) is 10.8. The number of halogens is 1. The molecular formula is C11H12BrNO2. The first-order valence-corrected chi connectivity index (χ1v) is 5.71. The van der Waals surface area contributed by atoms with E-state index in [1.165, 1.54) is 0 Å². The van der Waals surface area contributed by atoms with E-state index in [0.717, 1.165) is 23.0 Å². The standard InChI is InChI=1S/C11H12BrNO2/c12-7-2-1-3-8(6-7)13-10-5-4-9(10)11(14)15/h1-3,6,9-10,13H,4-5H2,(H,14,15). The average Bonchev–Trinajstić information content (AvgIpc) is 2.11. The summed E-state index contributed by atoms with van der Waals surface area (Å²) in [6.45, 7) is 0. The Morgan fingerprint density at radius 2 is 2.27 bits per heavy atom.